The van der Waals surface area contributed by atoms with Gasteiger partial charge >= 0.3 is 0 Å². The second-order valence-electron chi connectivity index (χ2n) is 25.8. The van der Waals surface area contributed by atoms with Crippen molar-refractivity contribution in [3.63, 3.8) is 0 Å². The number of hydrogen-bond donors (Lipinski definition) is 4. The van der Waals surface area contributed by atoms with E-state index in [4.69, 9.17) is 0 Å². The molecule has 0 aromatic heterocycles. The topological polar surface area (TPSA) is 116 Å². The van der Waals surface area contributed by atoms with Gasteiger partial charge < -0.3 is 21.3 Å². The van der Waals surface area contributed by atoms with E-state index in [0.717, 1.165) is 122 Å². The second kappa shape index (κ2) is 40.4. The lowest BCUT2D eigenvalue weighted by Crippen LogP contribution is -2.26. The number of thioether (sulfide) groups is 8. The Morgan fingerprint density at radius 1 is 0.296 bits per heavy atom. The van der Waals surface area contributed by atoms with Crippen LogP contribution in [0.3, 0.4) is 0 Å². The first-order valence-corrected chi connectivity index (χ1v) is 42.5. The molecule has 4 unspecified atom stereocenters. The van der Waals surface area contributed by atoms with Crippen LogP contribution in [-0.2, 0) is 19.2 Å². The van der Waals surface area contributed by atoms with Crippen LogP contribution < -0.4 is 21.3 Å². The van der Waals surface area contributed by atoms with Gasteiger partial charge in [0.05, 0.1) is 49.6 Å². The quantitative estimate of drug-likeness (QED) is 0.0318. The molecule has 4 N–H and O–H groups in total. The molecule has 2 heterocycles. The lowest BCUT2D eigenvalue weighted by molar-refractivity contribution is -0.122. The van der Waals surface area contributed by atoms with Gasteiger partial charge in [-0.05, 0) is 147 Å². The number of amides is 4. The maximum Gasteiger partial charge on any atom is 0.220 e. The van der Waals surface area contributed by atoms with Gasteiger partial charge in [0.15, 0.2) is 0 Å². The van der Waals surface area contributed by atoms with Gasteiger partial charge in [-0.3, -0.25) is 19.2 Å². The van der Waals surface area contributed by atoms with E-state index in [9.17, 15) is 19.2 Å². The van der Waals surface area contributed by atoms with Gasteiger partial charge in [0.25, 0.3) is 0 Å². The van der Waals surface area contributed by atoms with Crippen molar-refractivity contribution in [1.82, 2.24) is 21.3 Å². The predicted molar refractivity (Wildman–Crippen MR) is 431 cm³/mol. The Labute approximate surface area is 618 Å². The van der Waals surface area contributed by atoms with E-state index in [2.05, 4.69) is 243 Å². The number of hydrogen-bond acceptors (Lipinski definition) is 12. The lowest BCUT2D eigenvalue weighted by Gasteiger charge is -2.15. The normalized spacial score (nSPS) is 17.2. The highest BCUT2D eigenvalue weighted by Crippen LogP contribution is 2.66. The standard InChI is InChI=1S/C82H96N4O4S8/c1-57(61-37-45-69(46-38-61)65-25-13-14-26-65)83-73(87)33-9-5-21-53-91-77-78(92-54-22-6-10-34-74(88)84-58(2)62-39-47-70(48-40-62)66-27-15-16-28-66)96-81(95-77)82-97-79(93-55-23-7-11-35-75(89)85-59(3)63-41-49-71(50-42-63)67-29-17-18-30-67)80(98-82)94-56-24-8-12-36-76(90)86-60(4)64-43-51-72(52-44-64)68-31-19-20-32-68/h13-20,25-32,37-52,57-60,65-68H,5-12,21-24,33-36,53-56H2,1-4H3,(H,83,87)(H,84,88)(H,85,89)(H,86,90). The van der Waals surface area contributed by atoms with E-state index in [1.165, 1.54) is 47.7 Å². The average molecular weight is 1460 g/mol. The molecule has 4 aliphatic carbocycles. The fourth-order valence-electron chi connectivity index (χ4n) is 12.2. The maximum atomic E-state index is 13.2. The Balaban J connectivity index is 0.706. The van der Waals surface area contributed by atoms with Crippen LogP contribution in [0.5, 0.6) is 0 Å². The summed E-state index contributed by atoms with van der Waals surface area (Å²) in [4.78, 5) is 52.6. The van der Waals surface area contributed by atoms with Crippen molar-refractivity contribution in [1.29, 1.82) is 0 Å². The molecule has 0 saturated carbocycles. The molecule has 0 fully saturated rings. The molecule has 0 spiro atoms. The Hall–Kier alpha value is -5.30. The maximum absolute atomic E-state index is 13.2. The van der Waals surface area contributed by atoms with Crippen LogP contribution in [0, 0.1) is 0 Å². The fraction of sp³-hybridized carbons (Fsp3) is 0.390. The second-order valence-corrected chi connectivity index (χ2v) is 35.8. The Morgan fingerprint density at radius 3 is 0.684 bits per heavy atom. The molecule has 0 saturated heterocycles. The van der Waals surface area contributed by atoms with Crippen LogP contribution in [0.1, 0.15) is 223 Å². The molecule has 16 heteroatoms. The van der Waals surface area contributed by atoms with Crippen molar-refractivity contribution in [3.05, 3.63) is 264 Å². The molecule has 6 aliphatic rings. The van der Waals surface area contributed by atoms with Crippen LogP contribution >= 0.6 is 94.1 Å². The third-order valence-electron chi connectivity index (χ3n) is 18.2. The Bertz CT molecular complexity index is 3150. The van der Waals surface area contributed by atoms with Crippen molar-refractivity contribution < 1.29 is 19.2 Å². The third-order valence-corrected chi connectivity index (χ3v) is 30.1. The molecule has 4 aromatic rings. The number of nitrogens with one attached hydrogen (secondary N) is 4. The first-order valence-electron chi connectivity index (χ1n) is 35.3. The van der Waals surface area contributed by atoms with Crippen molar-refractivity contribution in [2.45, 2.75) is 178 Å². The molecule has 4 amide bonds. The summed E-state index contributed by atoms with van der Waals surface area (Å²) in [6, 6.07) is 34.3. The molecule has 4 aromatic carbocycles. The summed E-state index contributed by atoms with van der Waals surface area (Å²) in [7, 11) is 0. The summed E-state index contributed by atoms with van der Waals surface area (Å²) in [5.41, 5.74) is 9.54. The molecule has 10 rings (SSSR count). The average Bonchev–Trinajstić information content (AvgIpc) is 1.75. The van der Waals surface area contributed by atoms with Crippen molar-refractivity contribution in [2.24, 2.45) is 0 Å². The number of rotatable bonds is 40. The molecule has 4 atom stereocenters. The molecule has 8 nitrogen and oxygen atoms in total. The molecule has 516 valence electrons. The zero-order chi connectivity index (χ0) is 68.3. The summed E-state index contributed by atoms with van der Waals surface area (Å²) in [6.07, 6.45) is 48.0. The highest BCUT2D eigenvalue weighted by atomic mass is 32.3. The van der Waals surface area contributed by atoms with E-state index in [1.54, 1.807) is 0 Å². The number of allylic oxidation sites excluding steroid dienone is 16. The zero-order valence-electron chi connectivity index (χ0n) is 57.1. The van der Waals surface area contributed by atoms with E-state index in [-0.39, 0.29) is 47.8 Å². The molecule has 0 bridgehead atoms. The lowest BCUT2D eigenvalue weighted by atomic mass is 9.98. The molecule has 2 aliphatic heterocycles. The minimum absolute atomic E-state index is 0.0447. The summed E-state index contributed by atoms with van der Waals surface area (Å²) >= 11 is 15.6. The first kappa shape index (κ1) is 75.4. The minimum Gasteiger partial charge on any atom is -0.350 e. The summed E-state index contributed by atoms with van der Waals surface area (Å²) in [6.45, 7) is 8.28. The van der Waals surface area contributed by atoms with Crippen LogP contribution in [0.25, 0.3) is 0 Å². The van der Waals surface area contributed by atoms with Gasteiger partial charge in [0.2, 0.25) is 23.6 Å². The molecular weight excluding hydrogens is 1360 g/mol. The van der Waals surface area contributed by atoms with Crippen LogP contribution in [0.15, 0.2) is 220 Å². The highest BCUT2D eigenvalue weighted by molar-refractivity contribution is 8.45. The van der Waals surface area contributed by atoms with Gasteiger partial charge in [-0.1, -0.05) is 267 Å². The van der Waals surface area contributed by atoms with Gasteiger partial charge in [-0.25, -0.2) is 0 Å². The molecule has 0 radical (unpaired) electrons. The van der Waals surface area contributed by atoms with Crippen LogP contribution in [-0.4, -0.2) is 46.6 Å². The van der Waals surface area contributed by atoms with Gasteiger partial charge in [0, 0.05) is 49.4 Å². The van der Waals surface area contributed by atoms with Crippen molar-refractivity contribution in [2.75, 3.05) is 23.0 Å². The van der Waals surface area contributed by atoms with Crippen molar-refractivity contribution >= 4 is 118 Å². The largest absolute Gasteiger partial charge is 0.350 e. The summed E-state index contributed by atoms with van der Waals surface area (Å²) in [5, 5.41) is 13.0. The third kappa shape index (κ3) is 23.9. The van der Waals surface area contributed by atoms with Gasteiger partial charge in [0.1, 0.15) is 0 Å². The number of unbranched alkanes of at least 4 members (excludes halogenated alkanes) is 8. The Kier molecular flexibility index (Phi) is 31.0. The Morgan fingerprint density at radius 2 is 0.490 bits per heavy atom. The number of carbonyl (C=O) groups is 4. The van der Waals surface area contributed by atoms with Gasteiger partial charge in [-0.15, -0.1) is 47.0 Å². The SMILES string of the molecule is CC(NC(=O)CCCCCSC1=C(SCCCCCC(=O)NC(C)c2ccc(C3C=CC=C3)cc2)SC(=C2SC(SCCCCCC(=O)NC(C)c3ccc(C4C=CC=C4)cc3)=C(SCCCCCC(=O)NC(C)c3ccc(C4C=CC=C4)cc3)S2)S1)c1ccc(C2C=CC=C2)cc1. The van der Waals surface area contributed by atoms with E-state index < -0.39 is 0 Å². The van der Waals surface area contributed by atoms with Gasteiger partial charge in [-0.2, -0.15) is 0 Å². The van der Waals surface area contributed by atoms with Crippen LogP contribution in [0.4, 0.5) is 0 Å². The molecule has 98 heavy (non-hydrogen) atoms. The van der Waals surface area contributed by atoms with E-state index in [1.807, 2.05) is 94.1 Å². The highest BCUT2D eigenvalue weighted by Gasteiger charge is 2.31. The zero-order valence-corrected chi connectivity index (χ0v) is 63.7. The summed E-state index contributed by atoms with van der Waals surface area (Å²) < 4.78 is 8.24. The predicted octanol–water partition coefficient (Wildman–Crippen LogP) is 22.8. The number of benzene rings is 4. The smallest absolute Gasteiger partial charge is 0.220 e. The fourth-order valence-corrected chi connectivity index (χ4v) is 24.5. The van der Waals surface area contributed by atoms with Crippen LogP contribution in [0.2, 0.25) is 0 Å². The minimum atomic E-state index is -0.0447. The number of carbonyl (C=O) groups excluding carboxylic acids is 4. The molecular formula is C82H96N4O4S8. The monoisotopic (exact) mass is 1460 g/mol. The first-order chi connectivity index (χ1) is 47.9. The van der Waals surface area contributed by atoms with E-state index in [0.29, 0.717) is 49.4 Å². The van der Waals surface area contributed by atoms with Crippen molar-refractivity contribution in [3.8, 4) is 0 Å². The van der Waals surface area contributed by atoms with E-state index >= 15 is 0 Å². The summed E-state index contributed by atoms with van der Waals surface area (Å²) in [5.74, 6) is 5.72.